The highest BCUT2D eigenvalue weighted by molar-refractivity contribution is 5.76. The van der Waals surface area contributed by atoms with E-state index < -0.39 is 0 Å². The Kier molecular flexibility index (Phi) is 4.35. The first-order valence-corrected chi connectivity index (χ1v) is 5.13. The van der Waals surface area contributed by atoms with Crippen molar-refractivity contribution in [2.24, 2.45) is 5.92 Å². The average Bonchev–Trinajstić information content (AvgIpc) is 2.16. The molecular weight excluding hydrogens is 182 g/mol. The Labute approximate surface area is 84.8 Å². The van der Waals surface area contributed by atoms with Crippen molar-refractivity contribution in [3.8, 4) is 0 Å². The van der Waals surface area contributed by atoms with Gasteiger partial charge in [-0.1, -0.05) is 13.8 Å². The normalized spacial score (nSPS) is 22.9. The Bertz CT molecular complexity index is 194. The third-order valence-corrected chi connectivity index (χ3v) is 2.34. The molecule has 1 saturated heterocycles. The van der Waals surface area contributed by atoms with Gasteiger partial charge in [0, 0.05) is 13.0 Å². The molecule has 0 bridgehead atoms. The van der Waals surface area contributed by atoms with Crippen LogP contribution in [0.25, 0.3) is 0 Å². The minimum absolute atomic E-state index is 0.0101. The zero-order chi connectivity index (χ0) is 10.6. The van der Waals surface area contributed by atoms with E-state index in [2.05, 4.69) is 0 Å². The minimum Gasteiger partial charge on any atom is -0.394 e. The molecule has 1 atom stereocenters. The molecule has 1 fully saturated rings. The first-order valence-electron chi connectivity index (χ1n) is 5.13. The molecule has 0 radical (unpaired) electrons. The van der Waals surface area contributed by atoms with Gasteiger partial charge < -0.3 is 14.7 Å². The van der Waals surface area contributed by atoms with Gasteiger partial charge in [-0.15, -0.1) is 0 Å². The maximum absolute atomic E-state index is 11.7. The van der Waals surface area contributed by atoms with E-state index >= 15 is 0 Å². The number of nitrogens with zero attached hydrogens (tertiary/aromatic N) is 1. The lowest BCUT2D eigenvalue weighted by molar-refractivity contribution is -0.142. The number of rotatable bonds is 3. The lowest BCUT2D eigenvalue weighted by atomic mass is 10.1. The first kappa shape index (κ1) is 11.5. The van der Waals surface area contributed by atoms with Crippen LogP contribution in [0.5, 0.6) is 0 Å². The van der Waals surface area contributed by atoms with Crippen LogP contribution >= 0.6 is 0 Å². The lowest BCUT2D eigenvalue weighted by Gasteiger charge is -2.34. The summed E-state index contributed by atoms with van der Waals surface area (Å²) in [5.74, 6) is 0.493. The van der Waals surface area contributed by atoms with Gasteiger partial charge in [0.25, 0.3) is 0 Å². The molecule has 0 saturated carbocycles. The molecule has 0 aromatic heterocycles. The van der Waals surface area contributed by atoms with Gasteiger partial charge in [0.1, 0.15) is 0 Å². The van der Waals surface area contributed by atoms with Crippen molar-refractivity contribution in [2.75, 3.05) is 26.4 Å². The molecule has 1 aliphatic rings. The molecule has 1 amide bonds. The second-order valence-electron chi connectivity index (χ2n) is 4.10. The van der Waals surface area contributed by atoms with Crippen molar-refractivity contribution in [3.63, 3.8) is 0 Å². The van der Waals surface area contributed by atoms with E-state index in [-0.39, 0.29) is 18.6 Å². The average molecular weight is 201 g/mol. The fraction of sp³-hybridized carbons (Fsp3) is 0.900. The molecule has 1 rings (SSSR count). The van der Waals surface area contributed by atoms with Crippen molar-refractivity contribution in [2.45, 2.75) is 26.3 Å². The van der Waals surface area contributed by atoms with E-state index in [9.17, 15) is 4.79 Å². The maximum atomic E-state index is 11.7. The second kappa shape index (κ2) is 5.32. The molecule has 1 N–H and O–H groups in total. The quantitative estimate of drug-likeness (QED) is 0.712. The van der Waals surface area contributed by atoms with E-state index in [4.69, 9.17) is 9.84 Å². The highest BCUT2D eigenvalue weighted by atomic mass is 16.5. The van der Waals surface area contributed by atoms with Crippen molar-refractivity contribution >= 4 is 5.91 Å². The molecule has 1 unspecified atom stereocenters. The number of aliphatic hydroxyl groups is 1. The highest BCUT2D eigenvalue weighted by Crippen LogP contribution is 2.11. The van der Waals surface area contributed by atoms with Crippen LogP contribution < -0.4 is 0 Å². The van der Waals surface area contributed by atoms with Gasteiger partial charge in [0.2, 0.25) is 5.91 Å². The van der Waals surface area contributed by atoms with Crippen molar-refractivity contribution in [1.82, 2.24) is 4.90 Å². The summed E-state index contributed by atoms with van der Waals surface area (Å²) in [7, 11) is 0. The number of morpholine rings is 1. The number of ether oxygens (including phenoxy) is 1. The maximum Gasteiger partial charge on any atom is 0.223 e. The van der Waals surface area contributed by atoms with Gasteiger partial charge in [0.05, 0.1) is 25.9 Å². The van der Waals surface area contributed by atoms with Crippen LogP contribution in [-0.4, -0.2) is 48.3 Å². The Morgan fingerprint density at radius 3 is 2.93 bits per heavy atom. The SMILES string of the molecule is CC(C)CC(=O)N1CCOCC1CO. The molecule has 4 nitrogen and oxygen atoms in total. The van der Waals surface area contributed by atoms with Gasteiger partial charge >= 0.3 is 0 Å². The standard InChI is InChI=1S/C10H19NO3/c1-8(2)5-10(13)11-3-4-14-7-9(11)6-12/h8-9,12H,3-7H2,1-2H3. The van der Waals surface area contributed by atoms with Crippen LogP contribution in [0.15, 0.2) is 0 Å². The smallest absolute Gasteiger partial charge is 0.223 e. The molecule has 0 aromatic carbocycles. The third kappa shape index (κ3) is 2.96. The zero-order valence-electron chi connectivity index (χ0n) is 8.90. The molecule has 1 aliphatic heterocycles. The van der Waals surface area contributed by atoms with Gasteiger partial charge in [-0.3, -0.25) is 4.79 Å². The summed E-state index contributed by atoms with van der Waals surface area (Å²) < 4.78 is 5.20. The largest absolute Gasteiger partial charge is 0.394 e. The van der Waals surface area contributed by atoms with Crippen LogP contribution in [0.4, 0.5) is 0 Å². The van der Waals surface area contributed by atoms with E-state index in [0.717, 1.165) is 0 Å². The number of carbonyl (C=O) groups is 1. The topological polar surface area (TPSA) is 49.8 Å². The Morgan fingerprint density at radius 1 is 1.64 bits per heavy atom. The van der Waals surface area contributed by atoms with Gasteiger partial charge in [-0.2, -0.15) is 0 Å². The number of aliphatic hydroxyl groups excluding tert-OH is 1. The third-order valence-electron chi connectivity index (χ3n) is 2.34. The van der Waals surface area contributed by atoms with Crippen molar-refractivity contribution in [3.05, 3.63) is 0 Å². The van der Waals surface area contributed by atoms with Crippen molar-refractivity contribution < 1.29 is 14.6 Å². The molecule has 0 aliphatic carbocycles. The number of hydrogen-bond donors (Lipinski definition) is 1. The van der Waals surface area contributed by atoms with Crippen molar-refractivity contribution in [1.29, 1.82) is 0 Å². The Hall–Kier alpha value is -0.610. The minimum atomic E-state index is -0.144. The molecule has 82 valence electrons. The van der Waals surface area contributed by atoms with Crippen LogP contribution in [-0.2, 0) is 9.53 Å². The lowest BCUT2D eigenvalue weighted by Crippen LogP contribution is -2.50. The van der Waals surface area contributed by atoms with Gasteiger partial charge in [-0.25, -0.2) is 0 Å². The van der Waals surface area contributed by atoms with E-state index in [1.165, 1.54) is 0 Å². The van der Waals surface area contributed by atoms with Crippen LogP contribution in [0, 0.1) is 5.92 Å². The molecule has 14 heavy (non-hydrogen) atoms. The summed E-state index contributed by atoms with van der Waals surface area (Å²) >= 11 is 0. The van der Waals surface area contributed by atoms with E-state index in [1.54, 1.807) is 4.90 Å². The molecule has 0 spiro atoms. The molecule has 0 aromatic rings. The van der Waals surface area contributed by atoms with Crippen LogP contribution in [0.3, 0.4) is 0 Å². The summed E-state index contributed by atoms with van der Waals surface area (Å²) in [6.07, 6.45) is 0.552. The Balaban J connectivity index is 2.50. The van der Waals surface area contributed by atoms with Gasteiger partial charge in [0.15, 0.2) is 0 Å². The molecular formula is C10H19NO3. The summed E-state index contributed by atoms with van der Waals surface area (Å²) in [6, 6.07) is -0.144. The van der Waals surface area contributed by atoms with Crippen LogP contribution in [0.2, 0.25) is 0 Å². The fourth-order valence-corrected chi connectivity index (χ4v) is 1.60. The Morgan fingerprint density at radius 2 is 2.36 bits per heavy atom. The fourth-order valence-electron chi connectivity index (χ4n) is 1.60. The highest BCUT2D eigenvalue weighted by Gasteiger charge is 2.26. The summed E-state index contributed by atoms with van der Waals surface area (Å²) in [5.41, 5.74) is 0. The van der Waals surface area contributed by atoms with E-state index in [1.807, 2.05) is 13.8 Å². The predicted octanol–water partition coefficient (Wildman–Crippen LogP) is 0.252. The number of amides is 1. The number of hydrogen-bond acceptors (Lipinski definition) is 3. The van der Waals surface area contributed by atoms with E-state index in [0.29, 0.717) is 32.1 Å². The monoisotopic (exact) mass is 201 g/mol. The predicted molar refractivity (Wildman–Crippen MR) is 52.9 cm³/mol. The molecule has 1 heterocycles. The second-order valence-corrected chi connectivity index (χ2v) is 4.10. The summed E-state index contributed by atoms with van der Waals surface area (Å²) in [6.45, 7) is 5.68. The number of carbonyl (C=O) groups excluding carboxylic acids is 1. The summed E-state index contributed by atoms with van der Waals surface area (Å²) in [5, 5.41) is 9.07. The van der Waals surface area contributed by atoms with Crippen LogP contribution in [0.1, 0.15) is 20.3 Å². The first-order chi connectivity index (χ1) is 6.65. The summed E-state index contributed by atoms with van der Waals surface area (Å²) in [4.78, 5) is 13.5. The van der Waals surface area contributed by atoms with Gasteiger partial charge in [-0.05, 0) is 5.92 Å². The molecule has 4 heteroatoms. The zero-order valence-corrected chi connectivity index (χ0v) is 8.90.